The van der Waals surface area contributed by atoms with Gasteiger partial charge in [0.05, 0.1) is 23.9 Å². The third-order valence-corrected chi connectivity index (χ3v) is 6.22. The van der Waals surface area contributed by atoms with Crippen LogP contribution in [0.5, 0.6) is 5.75 Å². The molecule has 0 aliphatic carbocycles. The lowest BCUT2D eigenvalue weighted by Gasteiger charge is -2.16. The summed E-state index contributed by atoms with van der Waals surface area (Å²) in [5.41, 5.74) is 14.1. The minimum absolute atomic E-state index is 0. The van der Waals surface area contributed by atoms with Gasteiger partial charge in [0.25, 0.3) is 0 Å². The van der Waals surface area contributed by atoms with Gasteiger partial charge in [0.15, 0.2) is 12.2 Å². The molecule has 1 heterocycles. The van der Waals surface area contributed by atoms with E-state index >= 15 is 0 Å². The Bertz CT molecular complexity index is 1440. The number of pyridine rings is 1. The highest BCUT2D eigenvalue weighted by molar-refractivity contribution is 7.92. The van der Waals surface area contributed by atoms with E-state index in [1.165, 1.54) is 0 Å². The molecule has 194 valence electrons. The number of guanidine groups is 1. The molecular formula is C27H24Cl2N6OS2. The van der Waals surface area contributed by atoms with Gasteiger partial charge in [0.2, 0.25) is 5.96 Å². The summed E-state index contributed by atoms with van der Waals surface area (Å²) in [5, 5.41) is 10.3. The fourth-order valence-corrected chi connectivity index (χ4v) is 4.07. The summed E-state index contributed by atoms with van der Waals surface area (Å²) in [6.45, 7) is 0.316. The van der Waals surface area contributed by atoms with Gasteiger partial charge in [-0.15, -0.1) is 4.41 Å². The van der Waals surface area contributed by atoms with E-state index in [1.807, 2.05) is 54.6 Å². The van der Waals surface area contributed by atoms with E-state index in [0.29, 0.717) is 27.9 Å². The van der Waals surface area contributed by atoms with Crippen molar-refractivity contribution in [2.75, 3.05) is 7.05 Å². The first-order valence-corrected chi connectivity index (χ1v) is 12.5. The first kappa shape index (κ1) is 29.2. The zero-order chi connectivity index (χ0) is 26.2. The quantitative estimate of drug-likeness (QED) is 0.0793. The molecule has 11 heteroatoms. The molecule has 3 N–H and O–H groups in total. The van der Waals surface area contributed by atoms with E-state index in [4.69, 9.17) is 43.4 Å². The Hall–Kier alpha value is -3.39. The Kier molecular flexibility index (Phi) is 10.7. The van der Waals surface area contributed by atoms with Crippen LogP contribution in [0.2, 0.25) is 10.0 Å². The number of nitriles is 1. The van der Waals surface area contributed by atoms with Gasteiger partial charge in [-0.1, -0.05) is 53.5 Å². The molecule has 0 radical (unpaired) electrons. The highest BCUT2D eigenvalue weighted by Gasteiger charge is 2.11. The first-order chi connectivity index (χ1) is 17.9. The normalized spacial score (nSPS) is 11.0. The van der Waals surface area contributed by atoms with Crippen molar-refractivity contribution in [3.63, 3.8) is 0 Å². The number of nitrogens with two attached hydrogens (primary N) is 1. The summed E-state index contributed by atoms with van der Waals surface area (Å²) in [4.78, 5) is 9.16. The molecule has 3 aromatic carbocycles. The molecule has 4 aromatic rings. The second-order valence-electron chi connectivity index (χ2n) is 7.86. The molecular weight excluding hydrogens is 559 g/mol. The standard InChI is InChI=1S/C27H22Cl2N6OS.H2S/c1-35(37-36-24-4-2-3-18(13-24)15-30)34-27(31)33-17-19-14-25(20-5-9-22(28)10-6-20)26(32-16-19)21-7-11-23(29)12-8-21;/h2-14,16H,17H2,1H3,(H3,31,33,34);1H2. The second kappa shape index (κ2) is 14.0. The van der Waals surface area contributed by atoms with Crippen LogP contribution in [0.25, 0.3) is 22.4 Å². The van der Waals surface area contributed by atoms with E-state index in [2.05, 4.69) is 16.5 Å². The zero-order valence-electron chi connectivity index (χ0n) is 20.2. The summed E-state index contributed by atoms with van der Waals surface area (Å²) in [5.74, 6) is 0.758. The molecule has 0 atom stereocenters. The Labute approximate surface area is 243 Å². The number of benzene rings is 3. The van der Waals surface area contributed by atoms with Crippen LogP contribution < -0.4 is 15.3 Å². The molecule has 0 unspecified atom stereocenters. The molecule has 0 aliphatic rings. The molecule has 0 aliphatic heterocycles. The first-order valence-electron chi connectivity index (χ1n) is 11.1. The highest BCUT2D eigenvalue weighted by Crippen LogP contribution is 2.32. The van der Waals surface area contributed by atoms with E-state index in [9.17, 15) is 0 Å². The molecule has 4 rings (SSSR count). The van der Waals surface area contributed by atoms with Gasteiger partial charge in [0, 0.05) is 34.4 Å². The van der Waals surface area contributed by atoms with Crippen LogP contribution in [0, 0.1) is 11.3 Å². The number of hydrazine groups is 1. The zero-order valence-corrected chi connectivity index (χ0v) is 23.6. The molecule has 7 nitrogen and oxygen atoms in total. The maximum Gasteiger partial charge on any atom is 0.204 e. The number of nitrogens with one attached hydrogen (secondary N) is 1. The molecule has 1 aromatic heterocycles. The number of halogens is 2. The van der Waals surface area contributed by atoms with Crippen molar-refractivity contribution in [3.05, 3.63) is 106 Å². The van der Waals surface area contributed by atoms with Gasteiger partial charge < -0.3 is 9.92 Å². The van der Waals surface area contributed by atoms with E-state index in [-0.39, 0.29) is 19.5 Å². The third kappa shape index (κ3) is 8.05. The van der Waals surface area contributed by atoms with Crippen LogP contribution in [0.3, 0.4) is 0 Å². The molecule has 0 spiro atoms. The predicted molar refractivity (Wildman–Crippen MR) is 161 cm³/mol. The van der Waals surface area contributed by atoms with Crippen molar-refractivity contribution in [2.24, 2.45) is 10.7 Å². The second-order valence-corrected chi connectivity index (χ2v) is 9.60. The number of aromatic nitrogens is 1. The van der Waals surface area contributed by atoms with Gasteiger partial charge in [-0.3, -0.25) is 10.4 Å². The van der Waals surface area contributed by atoms with Gasteiger partial charge in [-0.2, -0.15) is 18.8 Å². The van der Waals surface area contributed by atoms with Crippen molar-refractivity contribution >= 4 is 54.9 Å². The maximum absolute atomic E-state index is 9.01. The monoisotopic (exact) mass is 582 g/mol. The topological polar surface area (TPSA) is 99.6 Å². The predicted octanol–water partition coefficient (Wildman–Crippen LogP) is 6.60. The lowest BCUT2D eigenvalue weighted by atomic mass is 9.98. The van der Waals surface area contributed by atoms with Crippen molar-refractivity contribution < 1.29 is 4.18 Å². The van der Waals surface area contributed by atoms with Gasteiger partial charge in [-0.25, -0.2) is 4.99 Å². The van der Waals surface area contributed by atoms with Crippen LogP contribution in [0.1, 0.15) is 11.1 Å². The minimum Gasteiger partial charge on any atom is -0.408 e. The summed E-state index contributed by atoms with van der Waals surface area (Å²) in [7, 11) is 1.74. The molecule has 0 amide bonds. The smallest absolute Gasteiger partial charge is 0.204 e. The average molecular weight is 584 g/mol. The largest absolute Gasteiger partial charge is 0.408 e. The lowest BCUT2D eigenvalue weighted by Crippen LogP contribution is -2.40. The van der Waals surface area contributed by atoms with Crippen LogP contribution in [0.4, 0.5) is 0 Å². The third-order valence-electron chi connectivity index (χ3n) is 5.13. The molecule has 38 heavy (non-hydrogen) atoms. The number of rotatable bonds is 8. The van der Waals surface area contributed by atoms with Gasteiger partial charge in [-0.05, 0) is 59.7 Å². The fourth-order valence-electron chi connectivity index (χ4n) is 3.39. The van der Waals surface area contributed by atoms with Crippen LogP contribution in [-0.4, -0.2) is 22.4 Å². The van der Waals surface area contributed by atoms with Gasteiger partial charge >= 0.3 is 0 Å². The summed E-state index contributed by atoms with van der Waals surface area (Å²) < 4.78 is 7.17. The summed E-state index contributed by atoms with van der Waals surface area (Å²) in [6.07, 6.45) is 1.78. The van der Waals surface area contributed by atoms with Crippen molar-refractivity contribution in [1.29, 1.82) is 5.26 Å². The van der Waals surface area contributed by atoms with Crippen LogP contribution in [-0.2, 0) is 6.54 Å². The lowest BCUT2D eigenvalue weighted by molar-refractivity contribution is 0.471. The Morgan fingerprint density at radius 2 is 1.71 bits per heavy atom. The summed E-state index contributed by atoms with van der Waals surface area (Å²) >= 11 is 13.2. The number of aliphatic imine (C=N–C) groups is 1. The minimum atomic E-state index is 0. The van der Waals surface area contributed by atoms with E-state index in [0.717, 1.165) is 40.2 Å². The van der Waals surface area contributed by atoms with Gasteiger partial charge in [0.1, 0.15) is 5.75 Å². The van der Waals surface area contributed by atoms with E-state index in [1.54, 1.807) is 41.9 Å². The Morgan fingerprint density at radius 1 is 1.05 bits per heavy atom. The average Bonchev–Trinajstić information content (AvgIpc) is 2.92. The number of hydrogen-bond donors (Lipinski definition) is 2. The van der Waals surface area contributed by atoms with E-state index < -0.39 is 0 Å². The SMILES string of the molecule is CN(NC(N)=NCc1cnc(-c2ccc(Cl)cc2)c(-c2ccc(Cl)cc2)c1)SOc1cccc(C#N)c1.S. The Balaban J connectivity index is 0.00000400. The number of hydrogen-bond acceptors (Lipinski definition) is 6. The molecule has 0 fully saturated rings. The molecule has 0 bridgehead atoms. The number of nitrogens with zero attached hydrogens (tertiary/aromatic N) is 4. The maximum atomic E-state index is 9.01. The van der Waals surface area contributed by atoms with Crippen molar-refractivity contribution in [3.8, 4) is 34.2 Å². The Morgan fingerprint density at radius 3 is 2.37 bits per heavy atom. The van der Waals surface area contributed by atoms with Crippen molar-refractivity contribution in [2.45, 2.75) is 6.54 Å². The summed E-state index contributed by atoms with van der Waals surface area (Å²) in [6, 6.07) is 26.2. The highest BCUT2D eigenvalue weighted by atomic mass is 35.5. The molecule has 0 saturated heterocycles. The van der Waals surface area contributed by atoms with Crippen LogP contribution >= 0.6 is 48.9 Å². The van der Waals surface area contributed by atoms with Crippen LogP contribution in [0.15, 0.2) is 90.1 Å². The van der Waals surface area contributed by atoms with Crippen molar-refractivity contribution in [1.82, 2.24) is 14.8 Å². The molecule has 0 saturated carbocycles. The fraction of sp³-hybridized carbons (Fsp3) is 0.0741.